The fourth-order valence-corrected chi connectivity index (χ4v) is 5.12. The van der Waals surface area contributed by atoms with Gasteiger partial charge in [0.15, 0.2) is 0 Å². The van der Waals surface area contributed by atoms with Gasteiger partial charge in [-0.3, -0.25) is 4.79 Å². The molecule has 284 valence electrons. The minimum Gasteiger partial charge on any atom is -0.480 e. The lowest BCUT2D eigenvalue weighted by Crippen LogP contribution is -2.54. The number of allylic oxidation sites excluding steroid dienone is 8. The smallest absolute Gasteiger partial charge is 0.348 e. The van der Waals surface area contributed by atoms with Crippen LogP contribution in [0.4, 0.5) is 0 Å². The zero-order chi connectivity index (χ0) is 39.0. The minimum atomic E-state index is -1.65. The third-order valence-electron chi connectivity index (χ3n) is 8.65. The molecule has 0 aromatic heterocycles. The number of ether oxygens (including phenoxy) is 8. The van der Waals surface area contributed by atoms with Gasteiger partial charge in [0.2, 0.25) is 0 Å². The first-order valence-electron chi connectivity index (χ1n) is 16.6. The van der Waals surface area contributed by atoms with Gasteiger partial charge in [0, 0.05) is 57.9 Å². The van der Waals surface area contributed by atoms with Gasteiger partial charge in [-0.1, -0.05) is 56.4 Å². The number of cyclic esters (lactones) is 1. The van der Waals surface area contributed by atoms with Crippen LogP contribution in [0.3, 0.4) is 0 Å². The van der Waals surface area contributed by atoms with Crippen molar-refractivity contribution >= 4 is 36.3 Å². The molecule has 2 spiro atoms. The van der Waals surface area contributed by atoms with Crippen LogP contribution in [0.25, 0.3) is 0 Å². The Morgan fingerprint density at radius 3 is 1.77 bits per heavy atom. The van der Waals surface area contributed by atoms with E-state index in [4.69, 9.17) is 37.9 Å². The van der Waals surface area contributed by atoms with Crippen molar-refractivity contribution in [1.82, 2.24) is 0 Å². The van der Waals surface area contributed by atoms with Crippen LogP contribution >= 0.6 is 0 Å². The van der Waals surface area contributed by atoms with Crippen molar-refractivity contribution in [2.75, 3.05) is 0 Å². The predicted molar refractivity (Wildman–Crippen MR) is 179 cm³/mol. The fourth-order valence-electron chi connectivity index (χ4n) is 5.12. The third kappa shape index (κ3) is 9.44. The zero-order valence-corrected chi connectivity index (χ0v) is 29.7. The second kappa shape index (κ2) is 16.1. The molecule has 4 rings (SSSR count). The lowest BCUT2D eigenvalue weighted by molar-refractivity contribution is -0.297. The molecule has 2 fully saturated rings. The highest BCUT2D eigenvalue weighted by atomic mass is 16.8. The van der Waals surface area contributed by atoms with Gasteiger partial charge in [0.25, 0.3) is 41.5 Å². The van der Waals surface area contributed by atoms with Crippen LogP contribution in [0.2, 0.25) is 0 Å². The Morgan fingerprint density at radius 2 is 1.26 bits per heavy atom. The lowest BCUT2D eigenvalue weighted by atomic mass is 9.87. The number of aliphatic hydroxyl groups is 2. The minimum absolute atomic E-state index is 0.0919. The molecule has 1 aliphatic carbocycles. The van der Waals surface area contributed by atoms with Crippen LogP contribution in [0, 0.1) is 0 Å². The molecule has 0 aromatic carbocycles. The van der Waals surface area contributed by atoms with E-state index in [0.29, 0.717) is 6.42 Å². The highest BCUT2D eigenvalue weighted by Crippen LogP contribution is 2.45. The van der Waals surface area contributed by atoms with E-state index >= 15 is 0 Å². The van der Waals surface area contributed by atoms with E-state index in [-0.39, 0.29) is 55.3 Å². The van der Waals surface area contributed by atoms with Crippen LogP contribution < -0.4 is 0 Å². The SMILES string of the molecule is CCC(C)(OC=O)OC(=O)C(C)=CC=CC=CC1=C(O)OC2(CCC3(CC2)OC(=O)C(=C/C=C/C=C/C2=C(O)OC(C)(CC)OC2=O)C(=O)O3)OC1=O. The molecule has 3 aliphatic heterocycles. The third-order valence-corrected chi connectivity index (χ3v) is 8.65. The summed E-state index contributed by atoms with van der Waals surface area (Å²) in [5, 5.41) is 20.6. The van der Waals surface area contributed by atoms with E-state index in [9.17, 15) is 39.0 Å². The number of hydrogen-bond acceptors (Lipinski definition) is 16. The number of carbonyl (C=O) groups is 6. The zero-order valence-electron chi connectivity index (χ0n) is 29.7. The van der Waals surface area contributed by atoms with E-state index in [1.54, 1.807) is 13.8 Å². The molecule has 53 heavy (non-hydrogen) atoms. The summed E-state index contributed by atoms with van der Waals surface area (Å²) in [6.45, 7) is 8.06. The lowest BCUT2D eigenvalue weighted by Gasteiger charge is -2.46. The second-order valence-electron chi connectivity index (χ2n) is 12.5. The largest absolute Gasteiger partial charge is 0.480 e. The van der Waals surface area contributed by atoms with E-state index < -0.39 is 70.5 Å². The van der Waals surface area contributed by atoms with E-state index in [1.807, 2.05) is 0 Å². The Morgan fingerprint density at radius 1 is 0.755 bits per heavy atom. The van der Waals surface area contributed by atoms with Crippen molar-refractivity contribution in [1.29, 1.82) is 0 Å². The molecule has 1 saturated heterocycles. The quantitative estimate of drug-likeness (QED) is 0.0522. The van der Waals surface area contributed by atoms with Gasteiger partial charge >= 0.3 is 29.8 Å². The average Bonchev–Trinajstić information content (AvgIpc) is 3.09. The monoisotopic (exact) mass is 740 g/mol. The summed E-state index contributed by atoms with van der Waals surface area (Å²) in [6, 6.07) is 0. The van der Waals surface area contributed by atoms with Crippen molar-refractivity contribution in [3.05, 3.63) is 94.9 Å². The summed E-state index contributed by atoms with van der Waals surface area (Å²) in [5.41, 5.74) is -0.697. The van der Waals surface area contributed by atoms with Gasteiger partial charge in [0.1, 0.15) is 16.7 Å². The predicted octanol–water partition coefficient (Wildman–Crippen LogP) is 4.81. The van der Waals surface area contributed by atoms with Crippen molar-refractivity contribution in [2.24, 2.45) is 0 Å². The molecule has 2 N–H and O–H groups in total. The van der Waals surface area contributed by atoms with Gasteiger partial charge in [-0.05, 0) is 25.2 Å². The maximum absolute atomic E-state index is 12.8. The molecule has 3 heterocycles. The summed E-state index contributed by atoms with van der Waals surface area (Å²) in [5.74, 6) is -11.5. The van der Waals surface area contributed by atoms with Crippen molar-refractivity contribution in [3.63, 3.8) is 0 Å². The molecule has 0 bridgehead atoms. The Hall–Kier alpha value is -6.06. The van der Waals surface area contributed by atoms with Crippen molar-refractivity contribution in [2.45, 2.75) is 96.3 Å². The topological polar surface area (TPSA) is 217 Å². The summed E-state index contributed by atoms with van der Waals surface area (Å²) < 4.78 is 42.6. The first kappa shape index (κ1) is 39.7. The van der Waals surface area contributed by atoms with Crippen LogP contribution in [0.5, 0.6) is 0 Å². The molecular weight excluding hydrogens is 700 g/mol. The molecule has 0 aromatic rings. The Bertz CT molecular complexity index is 1760. The van der Waals surface area contributed by atoms with Crippen molar-refractivity contribution in [3.8, 4) is 0 Å². The molecule has 16 heteroatoms. The summed E-state index contributed by atoms with van der Waals surface area (Å²) >= 11 is 0. The first-order chi connectivity index (χ1) is 25.0. The van der Waals surface area contributed by atoms with E-state index in [2.05, 4.69) is 0 Å². The summed E-state index contributed by atoms with van der Waals surface area (Å²) in [4.78, 5) is 73.6. The number of rotatable bonds is 12. The maximum atomic E-state index is 12.8. The number of aliphatic hydroxyl groups excluding tert-OH is 2. The highest BCUT2D eigenvalue weighted by Gasteiger charge is 2.56. The Labute approximate surface area is 304 Å². The van der Waals surface area contributed by atoms with Crippen LogP contribution in [0.1, 0.15) is 73.1 Å². The normalized spacial score (nSPS) is 27.8. The molecule has 2 unspecified atom stereocenters. The number of carbonyl (C=O) groups excluding carboxylic acids is 6. The van der Waals surface area contributed by atoms with Crippen molar-refractivity contribution < 1.29 is 76.9 Å². The molecule has 4 aliphatic rings. The van der Waals surface area contributed by atoms with Gasteiger partial charge in [0.05, 0.1) is 0 Å². The highest BCUT2D eigenvalue weighted by molar-refractivity contribution is 6.15. The van der Waals surface area contributed by atoms with E-state index in [0.717, 1.165) is 6.08 Å². The van der Waals surface area contributed by atoms with E-state index in [1.165, 1.54) is 75.5 Å². The maximum Gasteiger partial charge on any atom is 0.348 e. The molecule has 16 nitrogen and oxygen atoms in total. The van der Waals surface area contributed by atoms with Gasteiger partial charge in [-0.15, -0.1) is 0 Å². The van der Waals surface area contributed by atoms with Gasteiger partial charge < -0.3 is 48.1 Å². The molecular formula is C37H40O16. The molecule has 0 amide bonds. The summed E-state index contributed by atoms with van der Waals surface area (Å²) in [6.07, 6.45) is 13.6. The number of esters is 5. The Kier molecular flexibility index (Phi) is 12.1. The molecule has 0 radical (unpaired) electrons. The summed E-state index contributed by atoms with van der Waals surface area (Å²) in [7, 11) is 0. The van der Waals surface area contributed by atoms with Crippen LogP contribution in [-0.2, 0) is 66.7 Å². The molecule has 2 atom stereocenters. The van der Waals surface area contributed by atoms with Gasteiger partial charge in [-0.2, -0.15) is 0 Å². The standard InChI is InChI=1S/C37H40O16/c1-6-34(4,46-22-38)47-27(39)23(3)14-10-8-11-16-25-30(42)50-36(51-31(25)43)18-20-37(21-19-36)52-32(44)26(33(45)53-37)17-13-9-12-15-24-28(40)48-35(5,7-2)49-29(24)41/h8-17,22,40,42H,6-7,18-21H2,1-5H3/b10-8?,13-9+,15-12+,16-11?,23-14?,26-17?. The Balaban J connectivity index is 1.31. The van der Waals surface area contributed by atoms with Gasteiger partial charge in [-0.25, -0.2) is 24.0 Å². The first-order valence-corrected chi connectivity index (χ1v) is 16.6. The molecule has 1 saturated carbocycles. The number of hydrogen-bond donors (Lipinski definition) is 2. The van der Waals surface area contributed by atoms with Crippen LogP contribution in [0.15, 0.2) is 94.9 Å². The average molecular weight is 741 g/mol. The second-order valence-corrected chi connectivity index (χ2v) is 12.5. The fraction of sp³-hybridized carbons (Fsp3) is 0.405. The van der Waals surface area contributed by atoms with Crippen LogP contribution in [-0.4, -0.2) is 69.7 Å².